The van der Waals surface area contributed by atoms with Crippen LogP contribution in [0.25, 0.3) is 0 Å². The molecule has 0 amide bonds. The minimum absolute atomic E-state index is 0.764. The average molecular weight is 264 g/mol. The second-order valence-electron chi connectivity index (χ2n) is 4.28. The zero-order valence-electron chi connectivity index (χ0n) is 10.6. The smallest absolute Gasteiger partial charge is 0.203 e. The summed E-state index contributed by atoms with van der Waals surface area (Å²) in [6, 6.07) is 7.85. The maximum atomic E-state index is 5.86. The van der Waals surface area contributed by atoms with Crippen molar-refractivity contribution in [1.82, 2.24) is 9.55 Å². The molecule has 0 unspecified atom stereocenters. The number of unbranched alkanes of at least 4 members (excludes halogenated alkanes) is 1. The van der Waals surface area contributed by atoms with E-state index in [-0.39, 0.29) is 0 Å². The van der Waals surface area contributed by atoms with Crippen LogP contribution in [0.15, 0.2) is 36.7 Å². The van der Waals surface area contributed by atoms with Gasteiger partial charge in [0.15, 0.2) is 0 Å². The van der Waals surface area contributed by atoms with E-state index in [1.165, 1.54) is 18.4 Å². The van der Waals surface area contributed by atoms with Crippen molar-refractivity contribution in [2.24, 2.45) is 0 Å². The molecule has 0 bridgehead atoms. The molecule has 1 aromatic heterocycles. The molecule has 0 spiro atoms. The SMILES string of the molecule is CCCCn1ccnc1NCc1ccc(Cl)cc1. The fraction of sp³-hybridized carbons (Fsp3) is 0.357. The zero-order valence-corrected chi connectivity index (χ0v) is 11.3. The van der Waals surface area contributed by atoms with Gasteiger partial charge in [-0.1, -0.05) is 37.1 Å². The van der Waals surface area contributed by atoms with Gasteiger partial charge in [-0.3, -0.25) is 0 Å². The first-order chi connectivity index (χ1) is 8.79. The third-order valence-corrected chi connectivity index (χ3v) is 3.08. The van der Waals surface area contributed by atoms with E-state index in [9.17, 15) is 0 Å². The molecule has 0 aliphatic carbocycles. The number of nitrogens with zero attached hydrogens (tertiary/aromatic N) is 2. The molecule has 0 saturated heterocycles. The lowest BCUT2D eigenvalue weighted by Gasteiger charge is -2.09. The Labute approximate surface area is 113 Å². The quantitative estimate of drug-likeness (QED) is 0.855. The highest BCUT2D eigenvalue weighted by Crippen LogP contribution is 2.12. The number of aryl methyl sites for hydroxylation is 1. The summed E-state index contributed by atoms with van der Waals surface area (Å²) in [5.41, 5.74) is 1.20. The van der Waals surface area contributed by atoms with Crippen LogP contribution in [0.4, 0.5) is 5.95 Å². The molecule has 0 atom stereocenters. The highest BCUT2D eigenvalue weighted by molar-refractivity contribution is 6.30. The molecule has 0 aliphatic rings. The van der Waals surface area contributed by atoms with E-state index in [2.05, 4.69) is 21.8 Å². The molecule has 2 rings (SSSR count). The summed E-state index contributed by atoms with van der Waals surface area (Å²) in [6.45, 7) is 3.97. The Morgan fingerprint density at radius 2 is 2.06 bits per heavy atom. The van der Waals surface area contributed by atoms with Gasteiger partial charge < -0.3 is 9.88 Å². The molecule has 1 heterocycles. The number of aromatic nitrogens is 2. The third kappa shape index (κ3) is 3.50. The Balaban J connectivity index is 1.93. The molecule has 18 heavy (non-hydrogen) atoms. The molecular weight excluding hydrogens is 246 g/mol. The average Bonchev–Trinajstić information content (AvgIpc) is 2.83. The van der Waals surface area contributed by atoms with Gasteiger partial charge in [-0.25, -0.2) is 4.98 Å². The summed E-state index contributed by atoms with van der Waals surface area (Å²) in [5, 5.41) is 4.11. The molecule has 1 N–H and O–H groups in total. The second-order valence-corrected chi connectivity index (χ2v) is 4.71. The Morgan fingerprint density at radius 1 is 1.28 bits per heavy atom. The van der Waals surface area contributed by atoms with Gasteiger partial charge in [-0.15, -0.1) is 0 Å². The van der Waals surface area contributed by atoms with Crippen LogP contribution in [0.5, 0.6) is 0 Å². The van der Waals surface area contributed by atoms with Crippen LogP contribution in [-0.4, -0.2) is 9.55 Å². The normalized spacial score (nSPS) is 10.6. The van der Waals surface area contributed by atoms with Gasteiger partial charge in [0, 0.05) is 30.5 Å². The standard InChI is InChI=1S/C14H18ClN3/c1-2-3-9-18-10-8-16-14(18)17-11-12-4-6-13(15)7-5-12/h4-8,10H,2-3,9,11H2,1H3,(H,16,17). The number of rotatable bonds is 6. The lowest BCUT2D eigenvalue weighted by Crippen LogP contribution is -2.07. The number of imidazole rings is 1. The van der Waals surface area contributed by atoms with Crippen molar-refractivity contribution in [3.63, 3.8) is 0 Å². The van der Waals surface area contributed by atoms with E-state index in [0.29, 0.717) is 0 Å². The number of hydrogen-bond donors (Lipinski definition) is 1. The molecule has 1 aromatic carbocycles. The predicted octanol–water partition coefficient (Wildman–Crippen LogP) is 3.95. The molecule has 4 heteroatoms. The Bertz CT molecular complexity index is 476. The monoisotopic (exact) mass is 263 g/mol. The van der Waals surface area contributed by atoms with Crippen molar-refractivity contribution in [3.05, 3.63) is 47.2 Å². The van der Waals surface area contributed by atoms with Gasteiger partial charge in [0.2, 0.25) is 5.95 Å². The molecule has 0 fully saturated rings. The summed E-state index contributed by atoms with van der Waals surface area (Å²) < 4.78 is 2.15. The largest absolute Gasteiger partial charge is 0.352 e. The first-order valence-corrected chi connectivity index (χ1v) is 6.67. The Morgan fingerprint density at radius 3 is 2.78 bits per heavy atom. The van der Waals surface area contributed by atoms with Crippen molar-refractivity contribution >= 4 is 17.5 Å². The summed E-state index contributed by atoms with van der Waals surface area (Å²) in [6.07, 6.45) is 6.21. The summed E-state index contributed by atoms with van der Waals surface area (Å²) in [7, 11) is 0. The van der Waals surface area contributed by atoms with Crippen molar-refractivity contribution in [1.29, 1.82) is 0 Å². The van der Waals surface area contributed by atoms with Crippen LogP contribution >= 0.6 is 11.6 Å². The fourth-order valence-electron chi connectivity index (χ4n) is 1.77. The van der Waals surface area contributed by atoms with Crippen molar-refractivity contribution in [2.75, 3.05) is 5.32 Å². The number of nitrogens with one attached hydrogen (secondary N) is 1. The summed E-state index contributed by atoms with van der Waals surface area (Å²) in [4.78, 5) is 4.33. The first kappa shape index (κ1) is 13.0. The molecule has 96 valence electrons. The van der Waals surface area contributed by atoms with E-state index in [1.54, 1.807) is 0 Å². The van der Waals surface area contributed by atoms with Gasteiger partial charge in [-0.2, -0.15) is 0 Å². The Kier molecular flexibility index (Phi) is 4.65. The van der Waals surface area contributed by atoms with Gasteiger partial charge in [0.25, 0.3) is 0 Å². The van der Waals surface area contributed by atoms with Crippen molar-refractivity contribution in [2.45, 2.75) is 32.9 Å². The summed E-state index contributed by atoms with van der Waals surface area (Å²) >= 11 is 5.86. The first-order valence-electron chi connectivity index (χ1n) is 6.29. The van der Waals surface area contributed by atoms with Gasteiger partial charge in [0.05, 0.1) is 0 Å². The number of anilines is 1. The van der Waals surface area contributed by atoms with Crippen molar-refractivity contribution in [3.8, 4) is 0 Å². The van der Waals surface area contributed by atoms with E-state index in [1.807, 2.05) is 36.7 Å². The fourth-order valence-corrected chi connectivity index (χ4v) is 1.89. The molecular formula is C14H18ClN3. The van der Waals surface area contributed by atoms with Gasteiger partial charge in [0.1, 0.15) is 0 Å². The van der Waals surface area contributed by atoms with E-state index in [0.717, 1.165) is 24.1 Å². The van der Waals surface area contributed by atoms with Gasteiger partial charge in [-0.05, 0) is 24.1 Å². The molecule has 0 radical (unpaired) electrons. The van der Waals surface area contributed by atoms with Crippen LogP contribution < -0.4 is 5.32 Å². The van der Waals surface area contributed by atoms with E-state index >= 15 is 0 Å². The van der Waals surface area contributed by atoms with E-state index < -0.39 is 0 Å². The molecule has 3 nitrogen and oxygen atoms in total. The van der Waals surface area contributed by atoms with E-state index in [4.69, 9.17) is 11.6 Å². The van der Waals surface area contributed by atoms with Crippen molar-refractivity contribution < 1.29 is 0 Å². The van der Waals surface area contributed by atoms with Gasteiger partial charge >= 0.3 is 0 Å². The second kappa shape index (κ2) is 6.45. The van der Waals surface area contributed by atoms with Crippen LogP contribution in [0.1, 0.15) is 25.3 Å². The highest BCUT2D eigenvalue weighted by atomic mass is 35.5. The summed E-state index contributed by atoms with van der Waals surface area (Å²) in [5.74, 6) is 0.929. The highest BCUT2D eigenvalue weighted by Gasteiger charge is 2.01. The molecule has 0 saturated carbocycles. The van der Waals surface area contributed by atoms with Crippen LogP contribution in [-0.2, 0) is 13.1 Å². The zero-order chi connectivity index (χ0) is 12.8. The minimum Gasteiger partial charge on any atom is -0.352 e. The molecule has 0 aliphatic heterocycles. The third-order valence-electron chi connectivity index (χ3n) is 2.83. The number of halogens is 1. The van der Waals surface area contributed by atoms with Crippen LogP contribution in [0.2, 0.25) is 5.02 Å². The minimum atomic E-state index is 0.764. The lowest BCUT2D eigenvalue weighted by molar-refractivity contribution is 0.635. The lowest BCUT2D eigenvalue weighted by atomic mass is 10.2. The maximum Gasteiger partial charge on any atom is 0.203 e. The van der Waals surface area contributed by atoms with Crippen LogP contribution in [0.3, 0.4) is 0 Å². The number of hydrogen-bond acceptors (Lipinski definition) is 2. The molecule has 2 aromatic rings. The van der Waals surface area contributed by atoms with Crippen LogP contribution in [0, 0.1) is 0 Å². The Hall–Kier alpha value is -1.48. The topological polar surface area (TPSA) is 29.9 Å². The maximum absolute atomic E-state index is 5.86. The number of benzene rings is 1. The predicted molar refractivity (Wildman–Crippen MR) is 75.9 cm³/mol.